The Morgan fingerprint density at radius 3 is 2.58 bits per heavy atom. The number of nitrogens with two attached hydrogens (primary N) is 1. The van der Waals surface area contributed by atoms with Crippen LogP contribution in [0.2, 0.25) is 0 Å². The Labute approximate surface area is 112 Å². The molecule has 0 aliphatic heterocycles. The number of amides is 1. The number of rotatable bonds is 5. The van der Waals surface area contributed by atoms with Crippen molar-refractivity contribution in [3.8, 4) is 0 Å². The molecule has 0 radical (unpaired) electrons. The molecule has 3 unspecified atom stereocenters. The molecule has 1 rings (SSSR count). The molecule has 3 nitrogen and oxygen atoms in total. The van der Waals surface area contributed by atoms with Crippen molar-refractivity contribution in [2.45, 2.75) is 57.7 Å². The molecular formula is C13H23F3N2O. The third kappa shape index (κ3) is 5.80. The first-order valence-electron chi connectivity index (χ1n) is 6.91. The summed E-state index contributed by atoms with van der Waals surface area (Å²) in [6.07, 6.45) is -1.63. The Bertz CT molecular complexity index is 284. The first kappa shape index (κ1) is 16.3. The number of nitrogens with one attached hydrogen (secondary N) is 1. The van der Waals surface area contributed by atoms with Gasteiger partial charge in [0.05, 0.1) is 5.92 Å². The number of carbonyl (C=O) groups excluding carboxylic acids is 1. The molecule has 0 bridgehead atoms. The number of halogens is 3. The molecule has 6 heteroatoms. The van der Waals surface area contributed by atoms with Crippen molar-refractivity contribution in [1.82, 2.24) is 5.32 Å². The molecule has 3 atom stereocenters. The van der Waals surface area contributed by atoms with E-state index >= 15 is 0 Å². The SMILES string of the molecule is CC1CCCC(N)C1C(=O)NCCCCC(F)(F)F. The van der Waals surface area contributed by atoms with Gasteiger partial charge in [0.1, 0.15) is 0 Å². The number of carbonyl (C=O) groups is 1. The van der Waals surface area contributed by atoms with Gasteiger partial charge in [0.15, 0.2) is 0 Å². The van der Waals surface area contributed by atoms with E-state index in [-0.39, 0.29) is 30.2 Å². The molecule has 1 fully saturated rings. The van der Waals surface area contributed by atoms with E-state index in [1.807, 2.05) is 6.92 Å². The van der Waals surface area contributed by atoms with Crippen molar-refractivity contribution >= 4 is 5.91 Å². The fourth-order valence-electron chi connectivity index (χ4n) is 2.69. The van der Waals surface area contributed by atoms with Crippen LogP contribution in [-0.2, 0) is 4.79 Å². The van der Waals surface area contributed by atoms with Gasteiger partial charge < -0.3 is 11.1 Å². The molecule has 19 heavy (non-hydrogen) atoms. The van der Waals surface area contributed by atoms with E-state index in [4.69, 9.17) is 5.73 Å². The van der Waals surface area contributed by atoms with E-state index in [2.05, 4.69) is 5.32 Å². The highest BCUT2D eigenvalue weighted by Gasteiger charge is 2.33. The number of hydrogen-bond donors (Lipinski definition) is 2. The molecule has 3 N–H and O–H groups in total. The van der Waals surface area contributed by atoms with E-state index in [0.29, 0.717) is 13.0 Å². The quantitative estimate of drug-likeness (QED) is 0.761. The smallest absolute Gasteiger partial charge is 0.356 e. The van der Waals surface area contributed by atoms with Crippen molar-refractivity contribution in [2.24, 2.45) is 17.6 Å². The van der Waals surface area contributed by atoms with E-state index in [1.165, 1.54) is 0 Å². The Balaban J connectivity index is 2.23. The van der Waals surface area contributed by atoms with E-state index in [1.54, 1.807) is 0 Å². The van der Waals surface area contributed by atoms with Crippen LogP contribution in [0.4, 0.5) is 13.2 Å². The fourth-order valence-corrected chi connectivity index (χ4v) is 2.69. The van der Waals surface area contributed by atoms with Crippen LogP contribution in [0.25, 0.3) is 0 Å². The summed E-state index contributed by atoms with van der Waals surface area (Å²) < 4.78 is 35.8. The summed E-state index contributed by atoms with van der Waals surface area (Å²) in [5.74, 6) is -0.0537. The normalized spacial score (nSPS) is 28.2. The predicted octanol–water partition coefficient (Wildman–Crippen LogP) is 2.60. The zero-order chi connectivity index (χ0) is 14.5. The summed E-state index contributed by atoms with van der Waals surface area (Å²) in [4.78, 5) is 12.0. The van der Waals surface area contributed by atoms with Crippen LogP contribution in [0.3, 0.4) is 0 Å². The van der Waals surface area contributed by atoms with Gasteiger partial charge in [0.25, 0.3) is 0 Å². The number of hydrogen-bond acceptors (Lipinski definition) is 2. The van der Waals surface area contributed by atoms with Gasteiger partial charge in [0.2, 0.25) is 5.91 Å². The topological polar surface area (TPSA) is 55.1 Å². The van der Waals surface area contributed by atoms with Crippen LogP contribution >= 0.6 is 0 Å². The minimum absolute atomic E-state index is 0.0516. The highest BCUT2D eigenvalue weighted by molar-refractivity contribution is 5.79. The van der Waals surface area contributed by atoms with Crippen molar-refractivity contribution in [3.05, 3.63) is 0 Å². The monoisotopic (exact) mass is 280 g/mol. The maximum atomic E-state index is 12.0. The van der Waals surface area contributed by atoms with Crippen LogP contribution in [0.5, 0.6) is 0 Å². The molecule has 0 saturated heterocycles. The Kier molecular flexibility index (Phi) is 6.10. The molecular weight excluding hydrogens is 257 g/mol. The summed E-state index contributed by atoms with van der Waals surface area (Å²) in [6, 6.07) is -0.126. The second kappa shape index (κ2) is 7.12. The van der Waals surface area contributed by atoms with Crippen molar-refractivity contribution in [2.75, 3.05) is 6.54 Å². The number of alkyl halides is 3. The van der Waals surface area contributed by atoms with Gasteiger partial charge >= 0.3 is 6.18 Å². The van der Waals surface area contributed by atoms with E-state index in [0.717, 1.165) is 19.3 Å². The van der Waals surface area contributed by atoms with Crippen LogP contribution in [0.15, 0.2) is 0 Å². The second-order valence-corrected chi connectivity index (χ2v) is 5.46. The lowest BCUT2D eigenvalue weighted by molar-refractivity contribution is -0.135. The highest BCUT2D eigenvalue weighted by atomic mass is 19.4. The largest absolute Gasteiger partial charge is 0.389 e. The summed E-state index contributed by atoms with van der Waals surface area (Å²) >= 11 is 0. The first-order valence-corrected chi connectivity index (χ1v) is 6.91. The van der Waals surface area contributed by atoms with Crippen molar-refractivity contribution in [1.29, 1.82) is 0 Å². The summed E-state index contributed by atoms with van der Waals surface area (Å²) in [5.41, 5.74) is 5.95. The Morgan fingerprint density at radius 1 is 1.32 bits per heavy atom. The van der Waals surface area contributed by atoms with Crippen LogP contribution < -0.4 is 11.1 Å². The molecule has 1 amide bonds. The standard InChI is InChI=1S/C13H23F3N2O/c1-9-5-4-6-10(17)11(9)12(19)18-8-3-2-7-13(14,15)16/h9-11H,2-8,17H2,1H3,(H,18,19). The van der Waals surface area contributed by atoms with Gasteiger partial charge in [-0.1, -0.05) is 13.3 Å². The third-order valence-corrected chi connectivity index (χ3v) is 3.76. The minimum Gasteiger partial charge on any atom is -0.356 e. The predicted molar refractivity (Wildman–Crippen MR) is 67.4 cm³/mol. The fraction of sp³-hybridized carbons (Fsp3) is 0.923. The average molecular weight is 280 g/mol. The van der Waals surface area contributed by atoms with Gasteiger partial charge in [-0.3, -0.25) is 4.79 Å². The van der Waals surface area contributed by atoms with Crippen LogP contribution in [-0.4, -0.2) is 24.7 Å². The molecule has 0 aromatic carbocycles. The van der Waals surface area contributed by atoms with Crippen LogP contribution in [0, 0.1) is 11.8 Å². The van der Waals surface area contributed by atoms with E-state index < -0.39 is 12.6 Å². The van der Waals surface area contributed by atoms with Gasteiger partial charge in [-0.25, -0.2) is 0 Å². The second-order valence-electron chi connectivity index (χ2n) is 5.46. The molecule has 0 spiro atoms. The summed E-state index contributed by atoms with van der Waals surface area (Å²) in [6.45, 7) is 2.30. The summed E-state index contributed by atoms with van der Waals surface area (Å²) in [7, 11) is 0. The average Bonchev–Trinajstić information content (AvgIpc) is 2.26. The van der Waals surface area contributed by atoms with Gasteiger partial charge in [-0.15, -0.1) is 0 Å². The Hall–Kier alpha value is -0.780. The molecule has 112 valence electrons. The molecule has 0 heterocycles. The zero-order valence-corrected chi connectivity index (χ0v) is 11.3. The van der Waals surface area contributed by atoms with Gasteiger partial charge in [-0.2, -0.15) is 13.2 Å². The maximum absolute atomic E-state index is 12.0. The molecule has 0 aromatic rings. The number of unbranched alkanes of at least 4 members (excludes halogenated alkanes) is 1. The highest BCUT2D eigenvalue weighted by Crippen LogP contribution is 2.29. The summed E-state index contributed by atoms with van der Waals surface area (Å²) in [5, 5.41) is 2.71. The lowest BCUT2D eigenvalue weighted by Crippen LogP contribution is -2.47. The lowest BCUT2D eigenvalue weighted by atomic mass is 9.76. The molecule has 1 aliphatic carbocycles. The molecule has 0 aromatic heterocycles. The Morgan fingerprint density at radius 2 is 2.00 bits per heavy atom. The van der Waals surface area contributed by atoms with Gasteiger partial charge in [-0.05, 0) is 31.6 Å². The third-order valence-electron chi connectivity index (χ3n) is 3.76. The van der Waals surface area contributed by atoms with Crippen molar-refractivity contribution < 1.29 is 18.0 Å². The first-order chi connectivity index (χ1) is 8.81. The molecule has 1 saturated carbocycles. The maximum Gasteiger partial charge on any atom is 0.389 e. The van der Waals surface area contributed by atoms with E-state index in [9.17, 15) is 18.0 Å². The minimum atomic E-state index is -4.11. The lowest BCUT2D eigenvalue weighted by Gasteiger charge is -2.33. The zero-order valence-electron chi connectivity index (χ0n) is 11.3. The van der Waals surface area contributed by atoms with Crippen LogP contribution in [0.1, 0.15) is 45.4 Å². The molecule has 1 aliphatic rings. The van der Waals surface area contributed by atoms with Gasteiger partial charge in [0, 0.05) is 19.0 Å². The van der Waals surface area contributed by atoms with Crippen molar-refractivity contribution in [3.63, 3.8) is 0 Å².